The number of hydrogen-bond donors (Lipinski definition) is 5. The second-order valence-electron chi connectivity index (χ2n) is 5.78. The molecule has 1 aliphatic heterocycles. The zero-order valence-electron chi connectivity index (χ0n) is 13.6. The third-order valence-corrected chi connectivity index (χ3v) is 4.54. The fraction of sp³-hybridized carbons (Fsp3) is 0.923. The quantitative estimate of drug-likeness (QED) is 0.221. The molecule has 0 aliphatic carbocycles. The minimum atomic E-state index is -3.51. The van der Waals surface area contributed by atoms with Crippen molar-refractivity contribution in [3.05, 3.63) is 0 Å². The first-order valence-electron chi connectivity index (χ1n) is 8.03. The van der Waals surface area contributed by atoms with Crippen molar-refractivity contribution in [2.24, 2.45) is 16.8 Å². The van der Waals surface area contributed by atoms with Gasteiger partial charge in [-0.2, -0.15) is 0 Å². The maximum absolute atomic E-state index is 11.8. The zero-order chi connectivity index (χ0) is 17.1. The molecule has 1 fully saturated rings. The highest BCUT2D eigenvalue weighted by Crippen LogP contribution is 2.18. The summed E-state index contributed by atoms with van der Waals surface area (Å²) < 4.78 is 22.1. The van der Waals surface area contributed by atoms with Crippen molar-refractivity contribution in [3.8, 4) is 0 Å². The molecule has 0 spiro atoms. The molecule has 9 nitrogen and oxygen atoms in total. The van der Waals surface area contributed by atoms with Crippen LogP contribution in [0.15, 0.2) is 0 Å². The number of hydrogen-bond acceptors (Lipinski definition) is 7. The summed E-state index contributed by atoms with van der Waals surface area (Å²) in [5.41, 5.74) is 5.37. The van der Waals surface area contributed by atoms with Gasteiger partial charge < -0.3 is 26.6 Å². The van der Waals surface area contributed by atoms with E-state index in [-0.39, 0.29) is 24.0 Å². The van der Waals surface area contributed by atoms with Crippen LogP contribution in [0.2, 0.25) is 0 Å². The lowest BCUT2D eigenvalue weighted by atomic mass is 10.1. The Morgan fingerprint density at radius 2 is 1.61 bits per heavy atom. The first-order valence-corrected chi connectivity index (χ1v) is 9.74. The Morgan fingerprint density at radius 1 is 1.04 bits per heavy atom. The van der Waals surface area contributed by atoms with Gasteiger partial charge in [-0.1, -0.05) is 0 Å². The molecule has 0 bridgehead atoms. The van der Waals surface area contributed by atoms with Gasteiger partial charge in [-0.05, 0) is 0 Å². The minimum Gasteiger partial charge on any atom is -0.341 e. The van der Waals surface area contributed by atoms with Gasteiger partial charge in [-0.15, -0.1) is 0 Å². The fourth-order valence-electron chi connectivity index (χ4n) is 2.55. The lowest BCUT2D eigenvalue weighted by Crippen LogP contribution is -2.37. The summed E-state index contributed by atoms with van der Waals surface area (Å²) in [4.78, 5) is 13.5. The summed E-state index contributed by atoms with van der Waals surface area (Å²) in [7, 11) is -3.51. The van der Waals surface area contributed by atoms with E-state index in [0.717, 1.165) is 32.7 Å². The number of likely N-dealkylation sites (tertiary alicyclic amines) is 1. The van der Waals surface area contributed by atoms with Crippen LogP contribution in [0.1, 0.15) is 6.42 Å². The Morgan fingerprint density at radius 3 is 2.17 bits per heavy atom. The van der Waals surface area contributed by atoms with Crippen molar-refractivity contribution in [2.75, 3.05) is 64.7 Å². The average Bonchev–Trinajstić information content (AvgIpc) is 2.78. The van der Waals surface area contributed by atoms with Crippen molar-refractivity contribution in [1.82, 2.24) is 20.9 Å². The molecule has 1 unspecified atom stereocenters. The highest BCUT2D eigenvalue weighted by atomic mass is 32.2. The van der Waals surface area contributed by atoms with Crippen LogP contribution in [-0.4, -0.2) is 83.9 Å². The van der Waals surface area contributed by atoms with Crippen molar-refractivity contribution in [3.63, 3.8) is 0 Å². The van der Waals surface area contributed by atoms with Crippen LogP contribution < -0.4 is 26.8 Å². The SMILES string of the molecule is NCCNCCNCCNCCN1CC(CS(N)(=O)=O)CC1=O. The van der Waals surface area contributed by atoms with Crippen LogP contribution in [0.4, 0.5) is 0 Å². The van der Waals surface area contributed by atoms with E-state index in [4.69, 9.17) is 10.9 Å². The van der Waals surface area contributed by atoms with Crippen LogP contribution in [0.5, 0.6) is 0 Å². The predicted molar refractivity (Wildman–Crippen MR) is 90.3 cm³/mol. The maximum Gasteiger partial charge on any atom is 0.223 e. The number of carbonyl (C=O) groups is 1. The van der Waals surface area contributed by atoms with E-state index < -0.39 is 10.0 Å². The van der Waals surface area contributed by atoms with E-state index in [0.29, 0.717) is 26.2 Å². The average molecular weight is 350 g/mol. The lowest BCUT2D eigenvalue weighted by Gasteiger charge is -2.17. The standard InChI is InChI=1S/C13H30N6O3S/c14-1-2-16-3-4-17-5-6-18-7-8-19-10-12(9-13(19)20)11-23(15,21)22/h12,16-18H,1-11,14H2,(H2,15,21,22). The molecule has 1 saturated heterocycles. The topological polar surface area (TPSA) is 143 Å². The van der Waals surface area contributed by atoms with Crippen molar-refractivity contribution in [1.29, 1.82) is 0 Å². The smallest absolute Gasteiger partial charge is 0.223 e. The maximum atomic E-state index is 11.8. The molecule has 0 radical (unpaired) electrons. The second-order valence-corrected chi connectivity index (χ2v) is 7.44. The van der Waals surface area contributed by atoms with Crippen LogP contribution in [0.3, 0.4) is 0 Å². The van der Waals surface area contributed by atoms with Gasteiger partial charge in [0.1, 0.15) is 0 Å². The van der Waals surface area contributed by atoms with Gasteiger partial charge in [0, 0.05) is 71.2 Å². The summed E-state index contributed by atoms with van der Waals surface area (Å²) in [5, 5.41) is 14.8. The Kier molecular flexibility index (Phi) is 9.60. The molecule has 0 aromatic carbocycles. The molecule has 1 heterocycles. The summed E-state index contributed by atoms with van der Waals surface area (Å²) in [6, 6.07) is 0. The van der Waals surface area contributed by atoms with Gasteiger partial charge in [-0.3, -0.25) is 4.79 Å². The molecule has 7 N–H and O–H groups in total. The summed E-state index contributed by atoms with van der Waals surface area (Å²) in [5.74, 6) is -0.296. The summed E-state index contributed by atoms with van der Waals surface area (Å²) in [6.07, 6.45) is 0.272. The van der Waals surface area contributed by atoms with Gasteiger partial charge in [0.15, 0.2) is 0 Å². The first-order chi connectivity index (χ1) is 10.9. The third kappa shape index (κ3) is 9.84. The normalized spacial score (nSPS) is 18.8. The van der Waals surface area contributed by atoms with Crippen molar-refractivity contribution >= 4 is 15.9 Å². The molecule has 1 atom stereocenters. The van der Waals surface area contributed by atoms with E-state index in [9.17, 15) is 13.2 Å². The predicted octanol–water partition coefficient (Wildman–Crippen LogP) is -3.15. The number of nitrogens with two attached hydrogens (primary N) is 2. The van der Waals surface area contributed by atoms with E-state index >= 15 is 0 Å². The first kappa shape index (κ1) is 20.3. The van der Waals surface area contributed by atoms with Gasteiger partial charge >= 0.3 is 0 Å². The molecular weight excluding hydrogens is 320 g/mol. The number of sulfonamides is 1. The van der Waals surface area contributed by atoms with Crippen LogP contribution in [0.25, 0.3) is 0 Å². The third-order valence-electron chi connectivity index (χ3n) is 3.60. The number of nitrogens with zero attached hydrogens (tertiary/aromatic N) is 1. The van der Waals surface area contributed by atoms with Crippen LogP contribution in [0, 0.1) is 5.92 Å². The fourth-order valence-corrected chi connectivity index (χ4v) is 3.44. The molecule has 1 amide bonds. The lowest BCUT2D eigenvalue weighted by molar-refractivity contribution is -0.127. The largest absolute Gasteiger partial charge is 0.341 e. The van der Waals surface area contributed by atoms with E-state index in [1.807, 2.05) is 0 Å². The molecule has 1 aliphatic rings. The number of primary sulfonamides is 1. The zero-order valence-corrected chi connectivity index (χ0v) is 14.4. The molecule has 0 aromatic rings. The molecule has 10 heteroatoms. The molecular formula is C13H30N6O3S. The van der Waals surface area contributed by atoms with Gasteiger partial charge in [0.05, 0.1) is 5.75 Å². The Hall–Kier alpha value is -0.780. The van der Waals surface area contributed by atoms with Gasteiger partial charge in [0.25, 0.3) is 0 Å². The summed E-state index contributed by atoms with van der Waals surface area (Å²) in [6.45, 7) is 6.70. The molecule has 1 rings (SSSR count). The van der Waals surface area contributed by atoms with E-state index in [2.05, 4.69) is 16.0 Å². The van der Waals surface area contributed by atoms with Crippen LogP contribution in [-0.2, 0) is 14.8 Å². The highest BCUT2D eigenvalue weighted by Gasteiger charge is 2.31. The monoisotopic (exact) mass is 350 g/mol. The van der Waals surface area contributed by atoms with E-state index in [1.54, 1.807) is 4.90 Å². The molecule has 0 saturated carbocycles. The van der Waals surface area contributed by atoms with Gasteiger partial charge in [0.2, 0.25) is 15.9 Å². The molecule has 136 valence electrons. The Labute approximate surface area is 138 Å². The number of carbonyl (C=O) groups excluding carboxylic acids is 1. The summed E-state index contributed by atoms with van der Waals surface area (Å²) >= 11 is 0. The highest BCUT2D eigenvalue weighted by molar-refractivity contribution is 7.89. The molecule has 0 aromatic heterocycles. The van der Waals surface area contributed by atoms with Gasteiger partial charge in [-0.25, -0.2) is 13.6 Å². The van der Waals surface area contributed by atoms with E-state index in [1.165, 1.54) is 0 Å². The van der Waals surface area contributed by atoms with Crippen molar-refractivity contribution < 1.29 is 13.2 Å². The van der Waals surface area contributed by atoms with Crippen LogP contribution >= 0.6 is 0 Å². The Balaban J connectivity index is 2.00. The number of amides is 1. The van der Waals surface area contributed by atoms with Crippen molar-refractivity contribution in [2.45, 2.75) is 6.42 Å². The minimum absolute atomic E-state index is 0.00422. The number of nitrogens with one attached hydrogen (secondary N) is 3. The Bertz CT molecular complexity index is 445. The second kappa shape index (κ2) is 10.9. The number of rotatable bonds is 13. The molecule has 23 heavy (non-hydrogen) atoms.